The fraction of sp³-hybridized carbons (Fsp3) is 0.857. The minimum absolute atomic E-state index is 0.325. The van der Waals surface area contributed by atoms with Crippen LogP contribution in [0.4, 0.5) is 18.0 Å². The molecule has 13 heavy (non-hydrogen) atoms. The second-order valence-corrected chi connectivity index (χ2v) is 3.23. The number of rotatable bonds is 0. The lowest BCUT2D eigenvalue weighted by molar-refractivity contribution is -0.970. The Hall–Kier alpha value is -0.780. The summed E-state index contributed by atoms with van der Waals surface area (Å²) >= 11 is 0. The molecule has 1 N–H and O–H groups in total. The predicted octanol–water partition coefficient (Wildman–Crippen LogP) is 2.18. The van der Waals surface area contributed by atoms with Crippen LogP contribution in [-0.4, -0.2) is 35.1 Å². The average molecular weight is 198 g/mol. The van der Waals surface area contributed by atoms with Gasteiger partial charge in [-0.25, -0.2) is 0 Å². The molecule has 1 rings (SSSR count). The fourth-order valence-corrected chi connectivity index (χ4v) is 1.61. The highest BCUT2D eigenvalue weighted by molar-refractivity contribution is 5.57. The second kappa shape index (κ2) is 3.17. The lowest BCUT2D eigenvalue weighted by atomic mass is 10.1. The zero-order chi connectivity index (χ0) is 10.1. The number of carboxylic acid groups (broad SMARTS) is 1. The third-order valence-corrected chi connectivity index (χ3v) is 2.43. The first-order valence-electron chi connectivity index (χ1n) is 4.07. The number of halogens is 3. The van der Waals surface area contributed by atoms with E-state index in [-0.39, 0.29) is 13.1 Å². The van der Waals surface area contributed by atoms with E-state index in [2.05, 4.69) is 0 Å². The number of carbonyl (C=O) groups is 1. The van der Waals surface area contributed by atoms with E-state index in [0.717, 1.165) is 0 Å². The molecule has 76 valence electrons. The maximum absolute atomic E-state index is 12.4. The van der Waals surface area contributed by atoms with E-state index < -0.39 is 16.9 Å². The van der Waals surface area contributed by atoms with E-state index in [0.29, 0.717) is 19.3 Å². The van der Waals surface area contributed by atoms with Crippen molar-refractivity contribution < 1.29 is 27.6 Å². The van der Waals surface area contributed by atoms with Gasteiger partial charge in [0.2, 0.25) is 0 Å². The van der Waals surface area contributed by atoms with Crippen molar-refractivity contribution in [2.75, 3.05) is 13.1 Å². The number of hydrogen-bond acceptors (Lipinski definition) is 1. The van der Waals surface area contributed by atoms with Crippen LogP contribution in [0.2, 0.25) is 0 Å². The summed E-state index contributed by atoms with van der Waals surface area (Å²) in [6, 6.07) is 0. The highest BCUT2D eigenvalue weighted by Crippen LogP contribution is 2.34. The van der Waals surface area contributed by atoms with Crippen molar-refractivity contribution in [2.45, 2.75) is 25.6 Å². The summed E-state index contributed by atoms with van der Waals surface area (Å²) in [5.41, 5.74) is 0. The molecule has 1 heterocycles. The third kappa shape index (κ3) is 1.63. The van der Waals surface area contributed by atoms with Gasteiger partial charge in [0.05, 0.1) is 13.1 Å². The molecule has 0 aromatic heterocycles. The lowest BCUT2D eigenvalue weighted by Gasteiger charge is -2.35. The van der Waals surface area contributed by atoms with Gasteiger partial charge < -0.3 is 5.11 Å². The molecule has 1 aliphatic rings. The fourth-order valence-electron chi connectivity index (χ4n) is 1.61. The Kier molecular flexibility index (Phi) is 2.51. The first-order valence-corrected chi connectivity index (χ1v) is 4.07. The maximum Gasteiger partial charge on any atom is 0.571 e. The summed E-state index contributed by atoms with van der Waals surface area (Å²) in [6.45, 7) is -0.669. The van der Waals surface area contributed by atoms with Gasteiger partial charge in [0.15, 0.2) is 0 Å². The number of amides is 1. The molecule has 0 atom stereocenters. The molecule has 0 spiro atoms. The van der Waals surface area contributed by atoms with E-state index >= 15 is 0 Å². The molecule has 3 nitrogen and oxygen atoms in total. The van der Waals surface area contributed by atoms with Crippen molar-refractivity contribution in [3.05, 3.63) is 0 Å². The van der Waals surface area contributed by atoms with Gasteiger partial charge in [-0.1, -0.05) is 0 Å². The van der Waals surface area contributed by atoms with Crippen molar-refractivity contribution in [1.82, 2.24) is 0 Å². The highest BCUT2D eigenvalue weighted by atomic mass is 19.4. The summed E-state index contributed by atoms with van der Waals surface area (Å²) in [5, 5.41) is 8.58. The number of quaternary nitrogens is 1. The van der Waals surface area contributed by atoms with Gasteiger partial charge in [0, 0.05) is 0 Å². The zero-order valence-electron chi connectivity index (χ0n) is 6.97. The molecule has 1 aliphatic heterocycles. The number of likely N-dealkylation sites (tertiary alicyclic amines) is 1. The Morgan fingerprint density at radius 3 is 1.85 bits per heavy atom. The first kappa shape index (κ1) is 10.3. The van der Waals surface area contributed by atoms with Crippen molar-refractivity contribution in [3.63, 3.8) is 0 Å². The molecular weight excluding hydrogens is 187 g/mol. The summed E-state index contributed by atoms with van der Waals surface area (Å²) in [6.07, 6.45) is -5.13. The second-order valence-electron chi connectivity index (χ2n) is 3.23. The quantitative estimate of drug-likeness (QED) is 0.478. The minimum atomic E-state index is -4.67. The molecule has 1 amide bonds. The molecule has 0 aromatic carbocycles. The van der Waals surface area contributed by atoms with Crippen LogP contribution in [0.3, 0.4) is 0 Å². The van der Waals surface area contributed by atoms with E-state index in [1.807, 2.05) is 0 Å². The molecular formula is C7H11F3NO2+. The van der Waals surface area contributed by atoms with Crippen LogP contribution < -0.4 is 0 Å². The summed E-state index contributed by atoms with van der Waals surface area (Å²) in [4.78, 5) is 10.6. The first-order chi connectivity index (χ1) is 5.90. The van der Waals surface area contributed by atoms with E-state index in [1.54, 1.807) is 0 Å². The van der Waals surface area contributed by atoms with Crippen molar-refractivity contribution in [2.24, 2.45) is 0 Å². The van der Waals surface area contributed by atoms with Crippen molar-refractivity contribution in [1.29, 1.82) is 0 Å². The van der Waals surface area contributed by atoms with Crippen LogP contribution in [0.25, 0.3) is 0 Å². The standard InChI is InChI=1S/C7H10F3NO2/c8-7(9,10)11(6(12)13)4-2-1-3-5-11/h1-5H2/p+1. The average Bonchev–Trinajstić information content (AvgIpc) is 2.03. The molecule has 1 fully saturated rings. The molecule has 0 aromatic rings. The summed E-state index contributed by atoms with van der Waals surface area (Å²) < 4.78 is 35.6. The maximum atomic E-state index is 12.4. The molecule has 0 radical (unpaired) electrons. The topological polar surface area (TPSA) is 37.3 Å². The third-order valence-electron chi connectivity index (χ3n) is 2.43. The van der Waals surface area contributed by atoms with Crippen LogP contribution in [0.5, 0.6) is 0 Å². The SMILES string of the molecule is O=C(O)[N+]1(C(F)(F)F)CCCCC1. The number of hydrogen-bond donors (Lipinski definition) is 1. The number of piperidine rings is 1. The summed E-state index contributed by atoms with van der Waals surface area (Å²) in [7, 11) is 0. The van der Waals surface area contributed by atoms with Crippen molar-refractivity contribution in [3.8, 4) is 0 Å². The van der Waals surface area contributed by atoms with E-state index in [9.17, 15) is 18.0 Å². The Bertz CT molecular complexity index is 208. The lowest BCUT2D eigenvalue weighted by Crippen LogP contribution is -2.63. The minimum Gasteiger partial charge on any atom is -0.435 e. The van der Waals surface area contributed by atoms with Crippen LogP contribution in [0.1, 0.15) is 19.3 Å². The van der Waals surface area contributed by atoms with Gasteiger partial charge in [-0.2, -0.15) is 4.79 Å². The number of nitrogens with zero attached hydrogens (tertiary/aromatic N) is 1. The summed E-state index contributed by atoms with van der Waals surface area (Å²) in [5.74, 6) is 0. The van der Waals surface area contributed by atoms with Gasteiger partial charge in [-0.3, -0.25) is 0 Å². The van der Waals surface area contributed by atoms with Crippen LogP contribution >= 0.6 is 0 Å². The van der Waals surface area contributed by atoms with Crippen LogP contribution in [0.15, 0.2) is 0 Å². The predicted molar refractivity (Wildman–Crippen MR) is 37.9 cm³/mol. The van der Waals surface area contributed by atoms with Crippen LogP contribution in [0, 0.1) is 0 Å². The Balaban J connectivity index is 2.93. The molecule has 6 heteroatoms. The molecule has 0 bridgehead atoms. The van der Waals surface area contributed by atoms with Crippen molar-refractivity contribution >= 4 is 6.09 Å². The molecule has 0 aliphatic carbocycles. The Labute approximate surface area is 73.3 Å². The largest absolute Gasteiger partial charge is 0.571 e. The monoisotopic (exact) mass is 198 g/mol. The molecule has 1 saturated heterocycles. The van der Waals surface area contributed by atoms with Gasteiger partial charge in [0.1, 0.15) is 0 Å². The van der Waals surface area contributed by atoms with Crippen LogP contribution in [-0.2, 0) is 0 Å². The zero-order valence-corrected chi connectivity index (χ0v) is 6.97. The van der Waals surface area contributed by atoms with Gasteiger partial charge in [-0.05, 0) is 19.3 Å². The Morgan fingerprint density at radius 2 is 1.62 bits per heavy atom. The van der Waals surface area contributed by atoms with E-state index in [1.165, 1.54) is 0 Å². The van der Waals surface area contributed by atoms with Gasteiger partial charge >= 0.3 is 12.4 Å². The normalized spacial score (nSPS) is 22.7. The smallest absolute Gasteiger partial charge is 0.435 e. The van der Waals surface area contributed by atoms with Gasteiger partial charge in [0.25, 0.3) is 0 Å². The number of alkyl halides is 3. The molecule has 0 saturated carbocycles. The molecule has 0 unspecified atom stereocenters. The highest BCUT2D eigenvalue weighted by Gasteiger charge is 2.61. The van der Waals surface area contributed by atoms with Gasteiger partial charge in [-0.15, -0.1) is 17.7 Å². The van der Waals surface area contributed by atoms with E-state index in [4.69, 9.17) is 5.11 Å². The Morgan fingerprint density at radius 1 is 1.15 bits per heavy atom.